The molecule has 1 amide bonds. The predicted octanol–water partition coefficient (Wildman–Crippen LogP) is 1.55. The molecule has 4 aromatic rings. The zero-order valence-corrected chi connectivity index (χ0v) is 17.0. The van der Waals surface area contributed by atoms with E-state index in [9.17, 15) is 9.90 Å². The van der Waals surface area contributed by atoms with Crippen molar-refractivity contribution in [1.82, 2.24) is 29.5 Å². The lowest BCUT2D eigenvalue weighted by molar-refractivity contribution is 0.0996. The number of rotatable bonds is 5. The molecule has 29 heavy (non-hydrogen) atoms. The monoisotopic (exact) mass is 412 g/mol. The molecule has 10 nitrogen and oxygen atoms in total. The molecule has 0 spiro atoms. The average molecular weight is 412 g/mol. The first kappa shape index (κ1) is 19.0. The Bertz CT molecular complexity index is 1250. The number of nitrogens with two attached hydrogens (primary N) is 2. The van der Waals surface area contributed by atoms with Gasteiger partial charge in [0.15, 0.2) is 5.75 Å². The lowest BCUT2D eigenvalue weighted by Gasteiger charge is -2.05. The number of hydrogen-bond acceptors (Lipinski definition) is 8. The molecule has 0 aliphatic heterocycles. The summed E-state index contributed by atoms with van der Waals surface area (Å²) in [5.41, 5.74) is 14.4. The summed E-state index contributed by atoms with van der Waals surface area (Å²) >= 11 is 1.35. The Hall–Kier alpha value is -3.31. The van der Waals surface area contributed by atoms with Gasteiger partial charge in [0, 0.05) is 30.4 Å². The van der Waals surface area contributed by atoms with Crippen LogP contribution in [0.3, 0.4) is 0 Å². The van der Waals surface area contributed by atoms with Crippen molar-refractivity contribution in [3.05, 3.63) is 28.5 Å². The third-order valence-corrected chi connectivity index (χ3v) is 5.79. The highest BCUT2D eigenvalue weighted by Crippen LogP contribution is 2.39. The Kier molecular flexibility index (Phi) is 4.55. The number of pyridine rings is 1. The number of aromatic hydroxyl groups is 1. The van der Waals surface area contributed by atoms with Crippen molar-refractivity contribution in [2.24, 2.45) is 18.5 Å². The molecule has 5 N–H and O–H groups in total. The smallest absolute Gasteiger partial charge is 0.267 e. The number of nitrogens with zero attached hydrogens (tertiary/aromatic N) is 6. The number of thiazole rings is 1. The van der Waals surface area contributed by atoms with Gasteiger partial charge in [0.2, 0.25) is 0 Å². The molecule has 0 saturated heterocycles. The highest BCUT2D eigenvalue weighted by Gasteiger charge is 2.24. The number of amides is 1. The molecule has 0 unspecified atom stereocenters. The van der Waals surface area contributed by atoms with Crippen molar-refractivity contribution in [1.29, 1.82) is 0 Å². The van der Waals surface area contributed by atoms with Gasteiger partial charge in [-0.15, -0.1) is 11.3 Å². The Morgan fingerprint density at radius 2 is 2.07 bits per heavy atom. The van der Waals surface area contributed by atoms with Crippen molar-refractivity contribution in [3.8, 4) is 27.8 Å². The van der Waals surface area contributed by atoms with Crippen LogP contribution in [0.2, 0.25) is 0 Å². The third kappa shape index (κ3) is 2.95. The molecule has 0 saturated carbocycles. The molecule has 4 rings (SSSR count). The predicted molar refractivity (Wildman–Crippen MR) is 109 cm³/mol. The maximum absolute atomic E-state index is 11.8. The van der Waals surface area contributed by atoms with E-state index in [1.165, 1.54) is 11.3 Å². The van der Waals surface area contributed by atoms with E-state index in [2.05, 4.69) is 15.2 Å². The molecule has 0 fully saturated rings. The Morgan fingerprint density at radius 3 is 2.72 bits per heavy atom. The Balaban J connectivity index is 1.99. The van der Waals surface area contributed by atoms with E-state index in [0.717, 1.165) is 10.3 Å². The van der Waals surface area contributed by atoms with Crippen LogP contribution in [-0.2, 0) is 20.1 Å². The van der Waals surface area contributed by atoms with Crippen molar-refractivity contribution >= 4 is 28.1 Å². The highest BCUT2D eigenvalue weighted by atomic mass is 32.1. The van der Waals surface area contributed by atoms with Gasteiger partial charge in [-0.25, -0.2) is 9.97 Å². The van der Waals surface area contributed by atoms with Crippen LogP contribution < -0.4 is 11.5 Å². The number of carbonyl (C=O) groups is 1. The van der Waals surface area contributed by atoms with Gasteiger partial charge in [-0.05, 0) is 19.9 Å². The molecule has 0 atom stereocenters. The highest BCUT2D eigenvalue weighted by molar-refractivity contribution is 7.15. The van der Waals surface area contributed by atoms with E-state index in [0.29, 0.717) is 39.8 Å². The normalized spacial score (nSPS) is 11.4. The molecule has 0 aliphatic rings. The van der Waals surface area contributed by atoms with Gasteiger partial charge in [0.25, 0.3) is 5.91 Å². The van der Waals surface area contributed by atoms with E-state index in [1.807, 2.05) is 6.92 Å². The largest absolute Gasteiger partial charge is 0.504 e. The minimum absolute atomic E-state index is 0.0843. The van der Waals surface area contributed by atoms with Crippen molar-refractivity contribution < 1.29 is 9.90 Å². The topological polar surface area (TPSA) is 151 Å². The summed E-state index contributed by atoms with van der Waals surface area (Å²) in [6.07, 6.45) is 1.67. The van der Waals surface area contributed by atoms with E-state index in [1.54, 1.807) is 35.6 Å². The SMILES string of the molecule is CCn1nc(C)c(O)c1-c1nc(-c2nc(C(N)=O)cc3c2cnn3C)c(CN)s1. The number of aryl methyl sites for hydroxylation is 3. The fraction of sp³-hybridized carbons (Fsp3) is 0.278. The molecule has 11 heteroatoms. The van der Waals surface area contributed by atoms with E-state index >= 15 is 0 Å². The van der Waals surface area contributed by atoms with Crippen LogP contribution in [0.15, 0.2) is 12.3 Å². The van der Waals surface area contributed by atoms with E-state index < -0.39 is 5.91 Å². The van der Waals surface area contributed by atoms with Gasteiger partial charge in [-0.2, -0.15) is 10.2 Å². The van der Waals surface area contributed by atoms with Crippen molar-refractivity contribution in [3.63, 3.8) is 0 Å². The first-order chi connectivity index (χ1) is 13.8. The molecule has 0 bridgehead atoms. The lowest BCUT2D eigenvalue weighted by atomic mass is 10.1. The molecular weight excluding hydrogens is 392 g/mol. The lowest BCUT2D eigenvalue weighted by Crippen LogP contribution is -2.14. The number of carbonyl (C=O) groups excluding carboxylic acids is 1. The minimum atomic E-state index is -0.642. The number of fused-ring (bicyclic) bond motifs is 1. The van der Waals surface area contributed by atoms with Crippen molar-refractivity contribution in [2.75, 3.05) is 0 Å². The zero-order valence-electron chi connectivity index (χ0n) is 16.2. The molecule has 0 aromatic carbocycles. The van der Waals surface area contributed by atoms with Crippen LogP contribution in [0.4, 0.5) is 0 Å². The van der Waals surface area contributed by atoms with Gasteiger partial charge in [0.1, 0.15) is 33.5 Å². The quantitative estimate of drug-likeness (QED) is 0.450. The summed E-state index contributed by atoms with van der Waals surface area (Å²) in [6.45, 7) is 4.47. The van der Waals surface area contributed by atoms with Gasteiger partial charge in [-0.1, -0.05) is 0 Å². The van der Waals surface area contributed by atoms with Gasteiger partial charge >= 0.3 is 0 Å². The van der Waals surface area contributed by atoms with Crippen LogP contribution >= 0.6 is 11.3 Å². The summed E-state index contributed by atoms with van der Waals surface area (Å²) in [5.74, 6) is -0.558. The first-order valence-corrected chi connectivity index (χ1v) is 9.76. The Morgan fingerprint density at radius 1 is 1.31 bits per heavy atom. The average Bonchev–Trinajstić information content (AvgIpc) is 3.37. The van der Waals surface area contributed by atoms with Crippen LogP contribution in [-0.4, -0.2) is 40.5 Å². The standard InChI is InChI=1S/C18H20N8O2S/c1-4-26-15(16(27)8(2)24-26)18-23-14(12(6-19)29-18)13-9-7-21-25(3)11(9)5-10(22-13)17(20)28/h5,7,27H,4,6,19H2,1-3H3,(H2,20,28). The van der Waals surface area contributed by atoms with Crippen LogP contribution in [0, 0.1) is 6.92 Å². The van der Waals surface area contributed by atoms with E-state index in [-0.39, 0.29) is 18.0 Å². The van der Waals surface area contributed by atoms with E-state index in [4.69, 9.17) is 16.5 Å². The summed E-state index contributed by atoms with van der Waals surface area (Å²) in [4.78, 5) is 21.8. The van der Waals surface area contributed by atoms with Crippen LogP contribution in [0.1, 0.15) is 28.0 Å². The molecule has 150 valence electrons. The van der Waals surface area contributed by atoms with Gasteiger partial charge < -0.3 is 16.6 Å². The van der Waals surface area contributed by atoms with Gasteiger partial charge in [-0.3, -0.25) is 14.2 Å². The zero-order chi connectivity index (χ0) is 20.9. The number of aromatic nitrogens is 6. The maximum atomic E-state index is 11.8. The summed E-state index contributed by atoms with van der Waals surface area (Å²) in [5, 5.41) is 20.4. The van der Waals surface area contributed by atoms with Crippen LogP contribution in [0.5, 0.6) is 5.75 Å². The Labute approximate surface area is 169 Å². The maximum Gasteiger partial charge on any atom is 0.267 e. The number of primary amides is 1. The fourth-order valence-corrected chi connectivity index (χ4v) is 4.23. The van der Waals surface area contributed by atoms with Crippen molar-refractivity contribution in [2.45, 2.75) is 26.9 Å². The third-order valence-electron chi connectivity index (χ3n) is 4.70. The molecule has 4 heterocycles. The summed E-state index contributed by atoms with van der Waals surface area (Å²) in [7, 11) is 1.77. The summed E-state index contributed by atoms with van der Waals surface area (Å²) < 4.78 is 3.34. The summed E-state index contributed by atoms with van der Waals surface area (Å²) in [6, 6.07) is 1.60. The molecule has 0 aliphatic carbocycles. The van der Waals surface area contributed by atoms with Crippen LogP contribution in [0.25, 0.3) is 33.0 Å². The second-order valence-electron chi connectivity index (χ2n) is 6.51. The minimum Gasteiger partial charge on any atom is -0.504 e. The number of hydrogen-bond donors (Lipinski definition) is 3. The molecule has 4 aromatic heterocycles. The second-order valence-corrected chi connectivity index (χ2v) is 7.60. The van der Waals surface area contributed by atoms with Gasteiger partial charge in [0.05, 0.1) is 11.7 Å². The second kappa shape index (κ2) is 6.94. The fourth-order valence-electron chi connectivity index (χ4n) is 3.24. The molecule has 0 radical (unpaired) electrons. The molecular formula is C18H20N8O2S. The first-order valence-electron chi connectivity index (χ1n) is 8.95.